The normalized spacial score (nSPS) is 22.6. The summed E-state index contributed by atoms with van der Waals surface area (Å²) in [6.45, 7) is 1.95. The highest BCUT2D eigenvalue weighted by atomic mass is 19.1. The summed E-state index contributed by atoms with van der Waals surface area (Å²) in [6.07, 6.45) is 2.95. The third-order valence-electron chi connectivity index (χ3n) is 3.86. The first-order valence-electron chi connectivity index (χ1n) is 6.89. The van der Waals surface area contributed by atoms with Crippen LogP contribution in [-0.2, 0) is 0 Å². The molecule has 0 heterocycles. The van der Waals surface area contributed by atoms with E-state index in [-0.39, 0.29) is 17.2 Å². The third-order valence-corrected chi connectivity index (χ3v) is 3.86. The van der Waals surface area contributed by atoms with Crippen molar-refractivity contribution in [2.45, 2.75) is 38.7 Å². The molecule has 0 bridgehead atoms. The van der Waals surface area contributed by atoms with Gasteiger partial charge in [-0.05, 0) is 50.2 Å². The zero-order chi connectivity index (χ0) is 14.7. The molecule has 3 nitrogen and oxygen atoms in total. The molecule has 1 aliphatic rings. The van der Waals surface area contributed by atoms with Crippen molar-refractivity contribution >= 4 is 5.91 Å². The SMILES string of the molecule is Cc1cc(C(=O)NCC2CCC(O)CC2)c(F)cc1F. The van der Waals surface area contributed by atoms with Crippen LogP contribution in [-0.4, -0.2) is 23.7 Å². The highest BCUT2D eigenvalue weighted by molar-refractivity contribution is 5.94. The minimum absolute atomic E-state index is 0.125. The monoisotopic (exact) mass is 283 g/mol. The summed E-state index contributed by atoms with van der Waals surface area (Å²) < 4.78 is 26.7. The van der Waals surface area contributed by atoms with Crippen LogP contribution in [0.3, 0.4) is 0 Å². The van der Waals surface area contributed by atoms with Gasteiger partial charge >= 0.3 is 0 Å². The van der Waals surface area contributed by atoms with E-state index in [2.05, 4.69) is 5.32 Å². The molecule has 110 valence electrons. The van der Waals surface area contributed by atoms with Crippen molar-refractivity contribution in [1.29, 1.82) is 0 Å². The maximum atomic E-state index is 13.6. The number of aliphatic hydroxyl groups is 1. The van der Waals surface area contributed by atoms with Gasteiger partial charge in [0, 0.05) is 12.6 Å². The number of benzene rings is 1. The molecule has 2 rings (SSSR count). The maximum absolute atomic E-state index is 13.6. The van der Waals surface area contributed by atoms with Crippen molar-refractivity contribution in [3.8, 4) is 0 Å². The second-order valence-corrected chi connectivity index (χ2v) is 5.47. The molecule has 1 aliphatic carbocycles. The van der Waals surface area contributed by atoms with E-state index in [0.29, 0.717) is 12.5 Å². The van der Waals surface area contributed by atoms with Crippen molar-refractivity contribution < 1.29 is 18.7 Å². The van der Waals surface area contributed by atoms with Gasteiger partial charge in [0.15, 0.2) is 0 Å². The van der Waals surface area contributed by atoms with Crippen LogP contribution >= 0.6 is 0 Å². The molecule has 1 aromatic rings. The second-order valence-electron chi connectivity index (χ2n) is 5.47. The fraction of sp³-hybridized carbons (Fsp3) is 0.533. The zero-order valence-corrected chi connectivity index (χ0v) is 11.5. The molecule has 1 saturated carbocycles. The van der Waals surface area contributed by atoms with Crippen molar-refractivity contribution in [2.75, 3.05) is 6.54 Å². The summed E-state index contributed by atoms with van der Waals surface area (Å²) in [7, 11) is 0. The molecular formula is C15H19F2NO2. The number of carbonyl (C=O) groups is 1. The Morgan fingerprint density at radius 2 is 1.90 bits per heavy atom. The van der Waals surface area contributed by atoms with Gasteiger partial charge in [-0.2, -0.15) is 0 Å². The molecule has 0 atom stereocenters. The summed E-state index contributed by atoms with van der Waals surface area (Å²) >= 11 is 0. The van der Waals surface area contributed by atoms with Crippen molar-refractivity contribution in [2.24, 2.45) is 5.92 Å². The Bertz CT molecular complexity index is 497. The molecule has 0 aliphatic heterocycles. The first-order valence-corrected chi connectivity index (χ1v) is 6.89. The Kier molecular flexibility index (Phi) is 4.70. The van der Waals surface area contributed by atoms with Crippen LogP contribution in [0.5, 0.6) is 0 Å². The van der Waals surface area contributed by atoms with E-state index in [1.54, 1.807) is 0 Å². The standard InChI is InChI=1S/C15H19F2NO2/c1-9-6-12(14(17)7-13(9)16)15(20)18-8-10-2-4-11(19)5-3-10/h6-7,10-11,19H,2-5,8H2,1H3,(H,18,20). The summed E-state index contributed by atoms with van der Waals surface area (Å²) in [5.74, 6) is -1.70. The van der Waals surface area contributed by atoms with Gasteiger partial charge in [0.25, 0.3) is 5.91 Å². The Labute approximate surface area is 117 Å². The number of aliphatic hydroxyl groups excluding tert-OH is 1. The first kappa shape index (κ1) is 14.9. The number of amides is 1. The lowest BCUT2D eigenvalue weighted by Crippen LogP contribution is -2.32. The highest BCUT2D eigenvalue weighted by Gasteiger charge is 2.21. The number of nitrogens with one attached hydrogen (secondary N) is 1. The number of hydrogen-bond acceptors (Lipinski definition) is 2. The summed E-state index contributed by atoms with van der Waals surface area (Å²) in [4.78, 5) is 11.9. The minimum atomic E-state index is -0.843. The topological polar surface area (TPSA) is 49.3 Å². The van der Waals surface area contributed by atoms with E-state index >= 15 is 0 Å². The Hall–Kier alpha value is -1.49. The van der Waals surface area contributed by atoms with Gasteiger partial charge in [-0.3, -0.25) is 4.79 Å². The van der Waals surface area contributed by atoms with Gasteiger partial charge in [-0.15, -0.1) is 0 Å². The fourth-order valence-corrected chi connectivity index (χ4v) is 2.51. The number of hydrogen-bond donors (Lipinski definition) is 2. The van der Waals surface area contributed by atoms with E-state index in [1.165, 1.54) is 13.0 Å². The molecule has 1 aromatic carbocycles. The number of rotatable bonds is 3. The summed E-state index contributed by atoms with van der Waals surface area (Å²) in [5.41, 5.74) is 0.122. The van der Waals surface area contributed by atoms with Gasteiger partial charge in [0.05, 0.1) is 11.7 Å². The number of carbonyl (C=O) groups excluding carboxylic acids is 1. The van der Waals surface area contributed by atoms with Crippen molar-refractivity contribution in [3.63, 3.8) is 0 Å². The van der Waals surface area contributed by atoms with E-state index in [0.717, 1.165) is 31.7 Å². The number of halogens is 2. The van der Waals surface area contributed by atoms with E-state index in [1.807, 2.05) is 0 Å². The van der Waals surface area contributed by atoms with Crippen LogP contribution < -0.4 is 5.32 Å². The first-order chi connectivity index (χ1) is 9.47. The molecule has 0 unspecified atom stereocenters. The molecule has 1 fully saturated rings. The average Bonchev–Trinajstić information content (AvgIpc) is 2.42. The molecule has 20 heavy (non-hydrogen) atoms. The van der Waals surface area contributed by atoms with Crippen LogP contribution in [0.25, 0.3) is 0 Å². The van der Waals surface area contributed by atoms with Gasteiger partial charge in [0.1, 0.15) is 11.6 Å². The minimum Gasteiger partial charge on any atom is -0.393 e. The van der Waals surface area contributed by atoms with E-state index in [9.17, 15) is 18.7 Å². The van der Waals surface area contributed by atoms with E-state index in [4.69, 9.17) is 0 Å². The molecule has 0 spiro atoms. The number of aryl methyl sites for hydroxylation is 1. The van der Waals surface area contributed by atoms with Crippen LogP contribution in [0.15, 0.2) is 12.1 Å². The highest BCUT2D eigenvalue weighted by Crippen LogP contribution is 2.23. The second kappa shape index (κ2) is 6.31. The molecule has 5 heteroatoms. The molecule has 0 aromatic heterocycles. The molecule has 0 saturated heterocycles. The predicted octanol–water partition coefficient (Wildman–Crippen LogP) is 2.55. The fourth-order valence-electron chi connectivity index (χ4n) is 2.51. The quantitative estimate of drug-likeness (QED) is 0.895. The van der Waals surface area contributed by atoms with Crippen LogP contribution in [0, 0.1) is 24.5 Å². The van der Waals surface area contributed by atoms with Crippen LogP contribution in [0.2, 0.25) is 0 Å². The van der Waals surface area contributed by atoms with Crippen LogP contribution in [0.4, 0.5) is 8.78 Å². The lowest BCUT2D eigenvalue weighted by atomic mass is 9.87. The van der Waals surface area contributed by atoms with E-state index < -0.39 is 17.5 Å². The molecule has 2 N–H and O–H groups in total. The summed E-state index contributed by atoms with van der Waals surface area (Å²) in [5, 5.41) is 12.1. The summed E-state index contributed by atoms with van der Waals surface area (Å²) in [6, 6.07) is 1.96. The lowest BCUT2D eigenvalue weighted by molar-refractivity contribution is 0.0906. The maximum Gasteiger partial charge on any atom is 0.254 e. The van der Waals surface area contributed by atoms with Gasteiger partial charge in [0.2, 0.25) is 0 Å². The lowest BCUT2D eigenvalue weighted by Gasteiger charge is -2.25. The molecule has 0 radical (unpaired) electrons. The van der Waals surface area contributed by atoms with Crippen LogP contribution in [0.1, 0.15) is 41.6 Å². The molecular weight excluding hydrogens is 264 g/mol. The van der Waals surface area contributed by atoms with Gasteiger partial charge in [-0.1, -0.05) is 0 Å². The zero-order valence-electron chi connectivity index (χ0n) is 11.5. The third kappa shape index (κ3) is 3.54. The van der Waals surface area contributed by atoms with Gasteiger partial charge < -0.3 is 10.4 Å². The van der Waals surface area contributed by atoms with Crippen molar-refractivity contribution in [1.82, 2.24) is 5.32 Å². The predicted molar refractivity (Wildman–Crippen MR) is 71.4 cm³/mol. The smallest absolute Gasteiger partial charge is 0.254 e. The Morgan fingerprint density at radius 3 is 2.55 bits per heavy atom. The molecule has 1 amide bonds. The van der Waals surface area contributed by atoms with Gasteiger partial charge in [-0.25, -0.2) is 8.78 Å². The average molecular weight is 283 g/mol. The Balaban J connectivity index is 1.93. The largest absolute Gasteiger partial charge is 0.393 e. The van der Waals surface area contributed by atoms with Crippen molar-refractivity contribution in [3.05, 3.63) is 34.9 Å². The Morgan fingerprint density at radius 1 is 1.25 bits per heavy atom.